The molecule has 0 saturated carbocycles. The van der Waals surface area contributed by atoms with Gasteiger partial charge >= 0.3 is 0 Å². The molecule has 0 atom stereocenters. The van der Waals surface area contributed by atoms with Crippen molar-refractivity contribution in [2.75, 3.05) is 32.0 Å². The molecule has 0 bridgehead atoms. The minimum absolute atomic E-state index is 0.0105. The number of hydrogen-bond donors (Lipinski definition) is 2. The fourth-order valence-corrected chi connectivity index (χ4v) is 1.91. The van der Waals surface area contributed by atoms with E-state index in [9.17, 15) is 8.78 Å². The predicted octanol–water partition coefficient (Wildman–Crippen LogP) is 1.95. The van der Waals surface area contributed by atoms with Crippen LogP contribution in [-0.2, 0) is 0 Å². The number of likely N-dealkylation sites (N-methyl/N-ethyl adjacent to an activating group) is 1. The number of rotatable bonds is 3. The smallest absolute Gasteiger partial charge is 0.193 e. The first-order chi connectivity index (χ1) is 9.54. The van der Waals surface area contributed by atoms with Crippen LogP contribution in [0.25, 0.3) is 0 Å². The van der Waals surface area contributed by atoms with E-state index in [1.807, 2.05) is 0 Å². The molecule has 0 amide bonds. The van der Waals surface area contributed by atoms with Crippen LogP contribution < -0.4 is 11.1 Å². The Balaban J connectivity index is 1.96. The van der Waals surface area contributed by atoms with Gasteiger partial charge in [0.2, 0.25) is 0 Å². The molecule has 6 heteroatoms. The summed E-state index contributed by atoms with van der Waals surface area (Å²) in [5.41, 5.74) is 6.87. The lowest BCUT2D eigenvalue weighted by Crippen LogP contribution is -2.26. The van der Waals surface area contributed by atoms with Gasteiger partial charge in [0.05, 0.1) is 12.2 Å². The number of aliphatic imine (C=N–C) groups is 1. The van der Waals surface area contributed by atoms with E-state index in [0.29, 0.717) is 6.54 Å². The van der Waals surface area contributed by atoms with Crippen molar-refractivity contribution in [2.24, 2.45) is 10.7 Å². The van der Waals surface area contributed by atoms with E-state index in [2.05, 4.69) is 28.3 Å². The highest BCUT2D eigenvalue weighted by Crippen LogP contribution is 2.15. The van der Waals surface area contributed by atoms with Crippen LogP contribution in [0.4, 0.5) is 14.5 Å². The Morgan fingerprint density at radius 3 is 2.95 bits per heavy atom. The topological polar surface area (TPSA) is 53.6 Å². The summed E-state index contributed by atoms with van der Waals surface area (Å²) in [6, 6.07) is 3.15. The maximum atomic E-state index is 13.4. The summed E-state index contributed by atoms with van der Waals surface area (Å²) in [6.45, 7) is 2.37. The number of anilines is 1. The highest BCUT2D eigenvalue weighted by atomic mass is 19.1. The van der Waals surface area contributed by atoms with Gasteiger partial charge in [-0.05, 0) is 25.6 Å². The zero-order chi connectivity index (χ0) is 14.5. The third-order valence-corrected chi connectivity index (χ3v) is 3.15. The highest BCUT2D eigenvalue weighted by Gasteiger charge is 2.08. The van der Waals surface area contributed by atoms with Crippen LogP contribution in [0.2, 0.25) is 0 Å². The second-order valence-corrected chi connectivity index (χ2v) is 4.83. The normalized spacial score (nSPS) is 16.9. The lowest BCUT2D eigenvalue weighted by Gasteiger charge is -2.21. The van der Waals surface area contributed by atoms with Crippen molar-refractivity contribution >= 4 is 11.6 Å². The maximum absolute atomic E-state index is 13.4. The summed E-state index contributed by atoms with van der Waals surface area (Å²) >= 11 is 0. The van der Waals surface area contributed by atoms with E-state index in [1.54, 1.807) is 0 Å². The van der Waals surface area contributed by atoms with E-state index in [-0.39, 0.29) is 11.6 Å². The van der Waals surface area contributed by atoms with E-state index >= 15 is 0 Å². The van der Waals surface area contributed by atoms with Crippen molar-refractivity contribution < 1.29 is 8.78 Å². The van der Waals surface area contributed by atoms with Crippen molar-refractivity contribution in [2.45, 2.75) is 6.42 Å². The number of hydrogen-bond acceptors (Lipinski definition) is 2. The van der Waals surface area contributed by atoms with Crippen LogP contribution in [0.1, 0.15) is 6.42 Å². The van der Waals surface area contributed by atoms with Gasteiger partial charge in [0.25, 0.3) is 0 Å². The van der Waals surface area contributed by atoms with Crippen LogP contribution in [0.3, 0.4) is 0 Å². The van der Waals surface area contributed by atoms with Crippen LogP contribution in [-0.4, -0.2) is 37.5 Å². The molecule has 0 unspecified atom stereocenters. The molecule has 20 heavy (non-hydrogen) atoms. The van der Waals surface area contributed by atoms with Crippen molar-refractivity contribution in [3.8, 4) is 0 Å². The molecule has 1 aromatic carbocycles. The summed E-state index contributed by atoms with van der Waals surface area (Å²) < 4.78 is 26.4. The molecule has 108 valence electrons. The number of halogens is 2. The second-order valence-electron chi connectivity index (χ2n) is 4.83. The third kappa shape index (κ3) is 4.03. The molecule has 0 aliphatic carbocycles. The largest absolute Gasteiger partial charge is 0.370 e. The van der Waals surface area contributed by atoms with Gasteiger partial charge in [-0.1, -0.05) is 11.6 Å². The van der Waals surface area contributed by atoms with Crippen molar-refractivity contribution in [1.82, 2.24) is 4.90 Å². The molecule has 0 aromatic heterocycles. The number of guanidine groups is 1. The van der Waals surface area contributed by atoms with Gasteiger partial charge in [-0.25, -0.2) is 13.8 Å². The van der Waals surface area contributed by atoms with Gasteiger partial charge in [0.1, 0.15) is 11.6 Å². The average molecular weight is 280 g/mol. The molecule has 3 N–H and O–H groups in total. The van der Waals surface area contributed by atoms with Crippen LogP contribution in [0.5, 0.6) is 0 Å². The first kappa shape index (κ1) is 14.5. The van der Waals surface area contributed by atoms with Gasteiger partial charge in [-0.3, -0.25) is 0 Å². The molecule has 0 fully saturated rings. The van der Waals surface area contributed by atoms with Gasteiger partial charge in [-0.2, -0.15) is 0 Å². The number of nitrogens with one attached hydrogen (secondary N) is 1. The zero-order valence-corrected chi connectivity index (χ0v) is 11.4. The predicted molar refractivity (Wildman–Crippen MR) is 76.7 cm³/mol. The second kappa shape index (κ2) is 6.47. The molecule has 1 heterocycles. The number of benzene rings is 1. The van der Waals surface area contributed by atoms with Gasteiger partial charge in [0, 0.05) is 19.2 Å². The Morgan fingerprint density at radius 1 is 1.45 bits per heavy atom. The molecular weight excluding hydrogens is 262 g/mol. The molecule has 0 saturated heterocycles. The first-order valence-electron chi connectivity index (χ1n) is 6.43. The molecule has 2 rings (SSSR count). The van der Waals surface area contributed by atoms with E-state index in [0.717, 1.165) is 37.7 Å². The summed E-state index contributed by atoms with van der Waals surface area (Å²) in [5, 5.41) is 2.57. The van der Waals surface area contributed by atoms with E-state index in [1.165, 1.54) is 5.57 Å². The van der Waals surface area contributed by atoms with Crippen LogP contribution in [0.15, 0.2) is 34.8 Å². The third-order valence-electron chi connectivity index (χ3n) is 3.15. The van der Waals surface area contributed by atoms with Crippen molar-refractivity contribution in [3.05, 3.63) is 41.5 Å². The minimum Gasteiger partial charge on any atom is -0.370 e. The summed E-state index contributed by atoms with van der Waals surface area (Å²) in [6.07, 6.45) is 3.06. The monoisotopic (exact) mass is 280 g/mol. The van der Waals surface area contributed by atoms with Crippen molar-refractivity contribution in [3.63, 3.8) is 0 Å². The molecule has 1 aliphatic rings. The van der Waals surface area contributed by atoms with Crippen LogP contribution >= 0.6 is 0 Å². The molecule has 4 nitrogen and oxygen atoms in total. The Morgan fingerprint density at radius 2 is 2.25 bits per heavy atom. The number of nitrogens with zero attached hydrogens (tertiary/aromatic N) is 2. The lowest BCUT2D eigenvalue weighted by molar-refractivity contribution is 0.358. The Bertz CT molecular complexity index is 540. The minimum atomic E-state index is -0.567. The summed E-state index contributed by atoms with van der Waals surface area (Å²) in [5.74, 6) is -1.02. The Kier molecular flexibility index (Phi) is 4.68. The molecule has 1 aliphatic heterocycles. The number of nitrogens with two attached hydrogens (primary N) is 1. The zero-order valence-electron chi connectivity index (χ0n) is 11.4. The highest BCUT2D eigenvalue weighted by molar-refractivity contribution is 5.92. The first-order valence-corrected chi connectivity index (χ1v) is 6.43. The quantitative estimate of drug-likeness (QED) is 0.505. The molecular formula is C14H18F2N4. The van der Waals surface area contributed by atoms with Gasteiger partial charge < -0.3 is 16.0 Å². The van der Waals surface area contributed by atoms with E-state index in [4.69, 9.17) is 5.73 Å². The summed E-state index contributed by atoms with van der Waals surface area (Å²) in [7, 11) is 2.05. The maximum Gasteiger partial charge on any atom is 0.193 e. The fourth-order valence-electron chi connectivity index (χ4n) is 1.91. The van der Waals surface area contributed by atoms with E-state index < -0.39 is 11.6 Å². The SMILES string of the molecule is CN1CC=C(CN=C(N)Nc2cc(F)ccc2F)CC1. The van der Waals surface area contributed by atoms with Crippen molar-refractivity contribution in [1.29, 1.82) is 0 Å². The average Bonchev–Trinajstić information content (AvgIpc) is 2.42. The Labute approximate surface area is 117 Å². The standard InChI is InChI=1S/C14H18F2N4/c1-20-6-4-10(5-7-20)9-18-14(17)19-13-8-11(15)2-3-12(13)16/h2-4,8H,5-7,9H2,1H3,(H3,17,18,19). The molecule has 0 spiro atoms. The fraction of sp³-hybridized carbons (Fsp3) is 0.357. The van der Waals surface area contributed by atoms with Gasteiger partial charge in [0.15, 0.2) is 5.96 Å². The molecule has 0 radical (unpaired) electrons. The lowest BCUT2D eigenvalue weighted by atomic mass is 10.1. The van der Waals surface area contributed by atoms with Gasteiger partial charge in [-0.15, -0.1) is 0 Å². The molecule has 1 aromatic rings. The summed E-state index contributed by atoms with van der Waals surface area (Å²) in [4.78, 5) is 6.35. The Hall–Kier alpha value is -1.95. The van der Waals surface area contributed by atoms with Crippen LogP contribution in [0, 0.1) is 11.6 Å².